The summed E-state index contributed by atoms with van der Waals surface area (Å²) in [6.45, 7) is 1.90. The Kier molecular flexibility index (Phi) is 3.81. The normalized spacial score (nSPS) is 15.1. The van der Waals surface area contributed by atoms with Crippen LogP contribution in [0.15, 0.2) is 36.8 Å². The maximum atomic E-state index is 14.5. The second kappa shape index (κ2) is 6.36. The highest BCUT2D eigenvalue weighted by atomic mass is 19.1. The smallest absolute Gasteiger partial charge is 0.170 e. The summed E-state index contributed by atoms with van der Waals surface area (Å²) in [7, 11) is 0. The molecule has 4 aromatic rings. The largest absolute Gasteiger partial charge is 0.321 e. The summed E-state index contributed by atoms with van der Waals surface area (Å²) >= 11 is 0. The third-order valence-corrected chi connectivity index (χ3v) is 4.96. The Hall–Kier alpha value is -3.36. The van der Waals surface area contributed by atoms with Crippen LogP contribution in [0.2, 0.25) is 0 Å². The average molecular weight is 381 g/mol. The predicted molar refractivity (Wildman–Crippen MR) is 99.3 cm³/mol. The lowest BCUT2D eigenvalue weighted by Gasteiger charge is -2.14. The minimum Gasteiger partial charge on any atom is -0.321 e. The lowest BCUT2D eigenvalue weighted by molar-refractivity contribution is 0.599. The molecule has 0 amide bonds. The third kappa shape index (κ3) is 2.98. The van der Waals surface area contributed by atoms with Crippen LogP contribution in [-0.4, -0.2) is 29.7 Å². The topological polar surface area (TPSA) is 84.3 Å². The minimum atomic E-state index is -0.513. The van der Waals surface area contributed by atoms with Gasteiger partial charge in [-0.2, -0.15) is 5.10 Å². The number of aromatic nitrogens is 6. The van der Waals surface area contributed by atoms with Crippen molar-refractivity contribution in [2.45, 2.75) is 31.7 Å². The number of nitrogens with one attached hydrogen (secondary N) is 2. The minimum absolute atomic E-state index is 0.0716. The lowest BCUT2D eigenvalue weighted by atomic mass is 10.2. The fourth-order valence-corrected chi connectivity index (χ4v) is 3.21. The first-order valence-corrected chi connectivity index (χ1v) is 9.05. The van der Waals surface area contributed by atoms with Gasteiger partial charge >= 0.3 is 0 Å². The molecule has 7 nitrogen and oxygen atoms in total. The van der Waals surface area contributed by atoms with Gasteiger partial charge < -0.3 is 9.88 Å². The summed E-state index contributed by atoms with van der Waals surface area (Å²) in [6.07, 6.45) is 5.04. The molecular weight excluding hydrogens is 364 g/mol. The van der Waals surface area contributed by atoms with Gasteiger partial charge in [0.2, 0.25) is 0 Å². The Bertz CT molecular complexity index is 1150. The quantitative estimate of drug-likeness (QED) is 0.545. The van der Waals surface area contributed by atoms with Gasteiger partial charge in [0.1, 0.15) is 11.3 Å². The van der Waals surface area contributed by atoms with E-state index < -0.39 is 11.6 Å². The number of rotatable bonds is 5. The average Bonchev–Trinajstić information content (AvgIpc) is 3.30. The summed E-state index contributed by atoms with van der Waals surface area (Å²) in [5.41, 5.74) is 2.63. The molecule has 1 atom stereocenters. The molecule has 0 aliphatic heterocycles. The molecule has 0 spiro atoms. The van der Waals surface area contributed by atoms with Gasteiger partial charge in [0.05, 0.1) is 24.3 Å². The van der Waals surface area contributed by atoms with E-state index in [1.807, 2.05) is 13.0 Å². The fourth-order valence-electron chi connectivity index (χ4n) is 3.21. The number of halogens is 2. The zero-order chi connectivity index (χ0) is 19.3. The van der Waals surface area contributed by atoms with E-state index in [-0.39, 0.29) is 11.9 Å². The van der Waals surface area contributed by atoms with Crippen LogP contribution in [0.25, 0.3) is 11.2 Å². The first-order chi connectivity index (χ1) is 13.6. The number of imidazole rings is 1. The van der Waals surface area contributed by atoms with Crippen molar-refractivity contribution in [3.63, 3.8) is 0 Å². The number of fused-ring (bicyclic) bond motifs is 1. The molecule has 0 bridgehead atoms. The molecule has 9 heteroatoms. The van der Waals surface area contributed by atoms with Crippen molar-refractivity contribution >= 4 is 22.8 Å². The zero-order valence-corrected chi connectivity index (χ0v) is 15.0. The van der Waals surface area contributed by atoms with Gasteiger partial charge in [-0.1, -0.05) is 0 Å². The van der Waals surface area contributed by atoms with Crippen LogP contribution in [-0.2, 0) is 0 Å². The molecule has 142 valence electrons. The van der Waals surface area contributed by atoms with Crippen LogP contribution in [0, 0.1) is 11.6 Å². The molecule has 1 fully saturated rings. The van der Waals surface area contributed by atoms with E-state index in [0.717, 1.165) is 18.5 Å². The molecular formula is C19H17F2N7. The Morgan fingerprint density at radius 2 is 2.07 bits per heavy atom. The standard InChI is InChI=1S/C19H17F2N7/c1-10(14-5-4-12(20)8-22-14)28-9-23-16-6-13(21)18(25-19(16)28)24-17-7-15(26-27-17)11-2-3-11/h4-11H,2-3H2,1H3,(H2,24,25,26,27)/t10-/m0/s1. The highest BCUT2D eigenvalue weighted by Gasteiger charge is 2.26. The van der Waals surface area contributed by atoms with Gasteiger partial charge in [0.25, 0.3) is 0 Å². The monoisotopic (exact) mass is 381 g/mol. The number of hydrogen-bond acceptors (Lipinski definition) is 5. The molecule has 28 heavy (non-hydrogen) atoms. The molecule has 1 saturated carbocycles. The second-order valence-corrected chi connectivity index (χ2v) is 7.00. The van der Waals surface area contributed by atoms with Gasteiger partial charge in [0.15, 0.2) is 23.1 Å². The lowest BCUT2D eigenvalue weighted by Crippen LogP contribution is -2.09. The molecule has 4 heterocycles. The number of nitrogens with zero attached hydrogens (tertiary/aromatic N) is 5. The second-order valence-electron chi connectivity index (χ2n) is 7.00. The maximum absolute atomic E-state index is 14.5. The number of hydrogen-bond donors (Lipinski definition) is 2. The van der Waals surface area contributed by atoms with Crippen LogP contribution in [0.5, 0.6) is 0 Å². The van der Waals surface area contributed by atoms with Crippen molar-refractivity contribution in [2.75, 3.05) is 5.32 Å². The molecule has 0 unspecified atom stereocenters. The Morgan fingerprint density at radius 3 is 2.82 bits per heavy atom. The van der Waals surface area contributed by atoms with Crippen molar-refractivity contribution in [1.82, 2.24) is 29.7 Å². The predicted octanol–water partition coefficient (Wildman–Crippen LogP) is 4.06. The number of pyridine rings is 2. The number of H-pyrrole nitrogens is 1. The van der Waals surface area contributed by atoms with Crippen LogP contribution in [0.4, 0.5) is 20.4 Å². The summed E-state index contributed by atoms with van der Waals surface area (Å²) in [6, 6.07) is 5.93. The van der Waals surface area contributed by atoms with E-state index in [2.05, 4.69) is 30.5 Å². The molecule has 0 saturated heterocycles. The van der Waals surface area contributed by atoms with E-state index in [9.17, 15) is 8.78 Å². The van der Waals surface area contributed by atoms with E-state index in [0.29, 0.717) is 28.6 Å². The molecule has 5 rings (SSSR count). The first kappa shape index (κ1) is 16.8. The molecule has 1 aliphatic rings. The van der Waals surface area contributed by atoms with Crippen LogP contribution in [0.3, 0.4) is 0 Å². The number of aromatic amines is 1. The van der Waals surface area contributed by atoms with E-state index >= 15 is 0 Å². The van der Waals surface area contributed by atoms with Gasteiger partial charge in [-0.3, -0.25) is 10.1 Å². The fraction of sp³-hybridized carbons (Fsp3) is 0.263. The highest BCUT2D eigenvalue weighted by Crippen LogP contribution is 2.39. The Balaban J connectivity index is 1.49. The summed E-state index contributed by atoms with van der Waals surface area (Å²) in [5, 5.41) is 10.1. The third-order valence-electron chi connectivity index (χ3n) is 4.96. The number of anilines is 2. The van der Waals surface area contributed by atoms with Crippen molar-refractivity contribution in [1.29, 1.82) is 0 Å². The molecule has 4 aromatic heterocycles. The molecule has 0 radical (unpaired) electrons. The Labute approximate surface area is 158 Å². The summed E-state index contributed by atoms with van der Waals surface area (Å²) < 4.78 is 29.4. The van der Waals surface area contributed by atoms with Crippen molar-refractivity contribution in [3.8, 4) is 0 Å². The van der Waals surface area contributed by atoms with Gasteiger partial charge in [-0.05, 0) is 31.9 Å². The van der Waals surface area contributed by atoms with Gasteiger partial charge in [-0.25, -0.2) is 18.7 Å². The molecule has 0 aromatic carbocycles. The van der Waals surface area contributed by atoms with Gasteiger partial charge in [0, 0.05) is 23.7 Å². The SMILES string of the molecule is C[C@@H](c1ccc(F)cn1)n1cnc2cc(F)c(Nc3cc(C4CC4)[nH]n3)nc21. The first-order valence-electron chi connectivity index (χ1n) is 9.05. The maximum Gasteiger partial charge on any atom is 0.170 e. The van der Waals surface area contributed by atoms with Crippen LogP contribution in [0.1, 0.15) is 43.1 Å². The molecule has 1 aliphatic carbocycles. The van der Waals surface area contributed by atoms with Crippen molar-refractivity contribution in [3.05, 3.63) is 59.8 Å². The van der Waals surface area contributed by atoms with E-state index in [1.165, 1.54) is 18.3 Å². The van der Waals surface area contributed by atoms with Gasteiger partial charge in [-0.15, -0.1) is 0 Å². The van der Waals surface area contributed by atoms with Crippen molar-refractivity contribution < 1.29 is 8.78 Å². The van der Waals surface area contributed by atoms with E-state index in [1.54, 1.807) is 17.0 Å². The van der Waals surface area contributed by atoms with E-state index in [4.69, 9.17) is 0 Å². The molecule has 2 N–H and O–H groups in total. The summed E-state index contributed by atoms with van der Waals surface area (Å²) in [5.74, 6) is 0.201. The Morgan fingerprint density at radius 1 is 1.21 bits per heavy atom. The van der Waals surface area contributed by atoms with Crippen LogP contribution >= 0.6 is 0 Å². The van der Waals surface area contributed by atoms with Crippen LogP contribution < -0.4 is 5.32 Å². The summed E-state index contributed by atoms with van der Waals surface area (Å²) in [4.78, 5) is 12.8. The zero-order valence-electron chi connectivity index (χ0n) is 15.0. The van der Waals surface area contributed by atoms with Crippen molar-refractivity contribution in [2.24, 2.45) is 0 Å². The highest BCUT2D eigenvalue weighted by molar-refractivity contribution is 5.74.